The predicted molar refractivity (Wildman–Crippen MR) is 57.5 cm³/mol. The van der Waals surface area contributed by atoms with Crippen LogP contribution in [0, 0.1) is 6.42 Å². The Morgan fingerprint density at radius 1 is 1.50 bits per heavy atom. The van der Waals surface area contributed by atoms with Crippen molar-refractivity contribution in [3.8, 4) is 0 Å². The first-order valence-electron chi connectivity index (χ1n) is 4.82. The summed E-state index contributed by atoms with van der Waals surface area (Å²) >= 11 is 11.4. The maximum Gasteiger partial charge on any atom is 0.231 e. The molecule has 14 heavy (non-hydrogen) atoms. The lowest BCUT2D eigenvalue weighted by Crippen LogP contribution is -2.33. The molecule has 1 fully saturated rings. The predicted octanol–water partition coefficient (Wildman–Crippen LogP) is 2.47. The summed E-state index contributed by atoms with van der Waals surface area (Å²) in [4.78, 5) is 10.6. The summed E-state index contributed by atoms with van der Waals surface area (Å²) in [5.74, 6) is 0.209. The lowest BCUT2D eigenvalue weighted by molar-refractivity contribution is 0.00711. The second-order valence-electron chi connectivity index (χ2n) is 3.41. The van der Waals surface area contributed by atoms with Crippen LogP contribution in [-0.4, -0.2) is 29.8 Å². The van der Waals surface area contributed by atoms with E-state index in [1.54, 1.807) is 6.29 Å². The van der Waals surface area contributed by atoms with Gasteiger partial charge in [0.25, 0.3) is 0 Å². The van der Waals surface area contributed by atoms with Gasteiger partial charge in [-0.3, -0.25) is 4.79 Å². The van der Waals surface area contributed by atoms with Gasteiger partial charge in [0.1, 0.15) is 6.10 Å². The van der Waals surface area contributed by atoms with E-state index in [4.69, 9.17) is 27.9 Å². The molecule has 2 atom stereocenters. The van der Waals surface area contributed by atoms with Gasteiger partial charge in [-0.15, -0.1) is 23.2 Å². The fourth-order valence-corrected chi connectivity index (χ4v) is 1.78. The van der Waals surface area contributed by atoms with Crippen LogP contribution in [0.3, 0.4) is 0 Å². The van der Waals surface area contributed by atoms with E-state index in [9.17, 15) is 4.79 Å². The van der Waals surface area contributed by atoms with Gasteiger partial charge < -0.3 is 4.74 Å². The Labute approximate surface area is 94.9 Å². The van der Waals surface area contributed by atoms with E-state index in [2.05, 4.69) is 6.42 Å². The molecule has 1 aliphatic rings. The Morgan fingerprint density at radius 2 is 2.14 bits per heavy atom. The molecule has 1 rings (SSSR count). The average molecular weight is 237 g/mol. The highest BCUT2D eigenvalue weighted by Gasteiger charge is 2.24. The van der Waals surface area contributed by atoms with Crippen LogP contribution >= 0.6 is 23.2 Å². The molecule has 2 unspecified atom stereocenters. The summed E-state index contributed by atoms with van der Waals surface area (Å²) in [5.41, 5.74) is 0. The SMILES string of the molecule is O=[C]C(OC1CC[CH]CC1)C(Cl)CCl. The molecule has 2 nitrogen and oxygen atoms in total. The molecule has 4 heteroatoms. The number of rotatable bonds is 5. The molecule has 0 saturated heterocycles. The van der Waals surface area contributed by atoms with Gasteiger partial charge in [-0.25, -0.2) is 0 Å². The first-order chi connectivity index (χ1) is 6.77. The van der Waals surface area contributed by atoms with Gasteiger partial charge in [0.15, 0.2) is 0 Å². The maximum atomic E-state index is 10.6. The third kappa shape index (κ3) is 3.76. The van der Waals surface area contributed by atoms with E-state index < -0.39 is 11.5 Å². The minimum absolute atomic E-state index is 0.135. The van der Waals surface area contributed by atoms with Gasteiger partial charge in [0.05, 0.1) is 11.5 Å². The Balaban J connectivity index is 2.34. The van der Waals surface area contributed by atoms with E-state index in [1.807, 2.05) is 0 Å². The van der Waals surface area contributed by atoms with Crippen LogP contribution < -0.4 is 0 Å². The van der Waals surface area contributed by atoms with E-state index in [0.29, 0.717) is 0 Å². The van der Waals surface area contributed by atoms with Crippen LogP contribution in [0.2, 0.25) is 0 Å². The van der Waals surface area contributed by atoms with Crippen molar-refractivity contribution in [2.45, 2.75) is 43.3 Å². The average Bonchev–Trinajstić information content (AvgIpc) is 2.26. The van der Waals surface area contributed by atoms with Crippen LogP contribution in [-0.2, 0) is 9.53 Å². The van der Waals surface area contributed by atoms with Gasteiger partial charge in [0.2, 0.25) is 6.29 Å². The van der Waals surface area contributed by atoms with Crippen LogP contribution in [0.25, 0.3) is 0 Å². The number of alkyl halides is 2. The first-order valence-corrected chi connectivity index (χ1v) is 5.80. The molecule has 1 saturated carbocycles. The third-order valence-electron chi connectivity index (χ3n) is 2.32. The molecule has 2 radical (unpaired) electrons. The highest BCUT2D eigenvalue weighted by atomic mass is 35.5. The summed E-state index contributed by atoms with van der Waals surface area (Å²) in [7, 11) is 0. The van der Waals surface area contributed by atoms with Crippen LogP contribution in [0.15, 0.2) is 0 Å². The normalized spacial score (nSPS) is 23.0. The fourth-order valence-electron chi connectivity index (χ4n) is 1.51. The molecule has 0 bridgehead atoms. The molecule has 0 aliphatic heterocycles. The molecule has 0 spiro atoms. The Morgan fingerprint density at radius 3 is 2.64 bits per heavy atom. The second-order valence-corrected chi connectivity index (χ2v) is 4.28. The number of carbonyl (C=O) groups excluding carboxylic acids is 1. The minimum atomic E-state index is -0.683. The fraction of sp³-hybridized carbons (Fsp3) is 0.800. The van der Waals surface area contributed by atoms with Crippen molar-refractivity contribution in [2.24, 2.45) is 0 Å². The van der Waals surface area contributed by atoms with E-state index in [1.165, 1.54) is 0 Å². The molecule has 80 valence electrons. The summed E-state index contributed by atoms with van der Waals surface area (Å²) in [6.07, 6.45) is 7.50. The van der Waals surface area contributed by atoms with Crippen molar-refractivity contribution >= 4 is 29.5 Å². The molecule has 0 heterocycles. The minimum Gasteiger partial charge on any atom is -0.365 e. The van der Waals surface area contributed by atoms with E-state index in [0.717, 1.165) is 25.7 Å². The van der Waals surface area contributed by atoms with Crippen molar-refractivity contribution in [3.05, 3.63) is 6.42 Å². The summed E-state index contributed by atoms with van der Waals surface area (Å²) < 4.78 is 5.53. The molecule has 1 aliphatic carbocycles. The molecule has 0 aromatic heterocycles. The van der Waals surface area contributed by atoms with Crippen molar-refractivity contribution < 1.29 is 9.53 Å². The summed E-state index contributed by atoms with van der Waals surface area (Å²) in [6.45, 7) is 0. The van der Waals surface area contributed by atoms with Crippen LogP contribution in [0.5, 0.6) is 0 Å². The van der Waals surface area contributed by atoms with E-state index >= 15 is 0 Å². The molecule has 0 N–H and O–H groups in total. The van der Waals surface area contributed by atoms with Gasteiger partial charge in [0, 0.05) is 5.88 Å². The van der Waals surface area contributed by atoms with Crippen molar-refractivity contribution in [3.63, 3.8) is 0 Å². The van der Waals surface area contributed by atoms with Gasteiger partial charge >= 0.3 is 0 Å². The molecular formula is C10H14Cl2O2. The van der Waals surface area contributed by atoms with Crippen molar-refractivity contribution in [1.82, 2.24) is 0 Å². The Kier molecular flexibility index (Phi) is 5.83. The topological polar surface area (TPSA) is 26.3 Å². The second kappa shape index (κ2) is 6.65. The Bertz CT molecular complexity index is 170. The zero-order chi connectivity index (χ0) is 10.4. The van der Waals surface area contributed by atoms with Gasteiger partial charge in [-0.1, -0.05) is 0 Å². The first kappa shape index (κ1) is 12.3. The molecular weight excluding hydrogens is 223 g/mol. The molecule has 0 aromatic carbocycles. The standard InChI is InChI=1S/C10H14Cl2O2/c11-6-9(12)10(7-13)14-8-4-2-1-3-5-8/h1,8-10H,2-6H2. The van der Waals surface area contributed by atoms with Gasteiger partial charge in [-0.2, -0.15) is 0 Å². The largest absolute Gasteiger partial charge is 0.365 e. The molecule has 0 aromatic rings. The van der Waals surface area contributed by atoms with Crippen LogP contribution in [0.4, 0.5) is 0 Å². The lowest BCUT2D eigenvalue weighted by Gasteiger charge is -2.26. The third-order valence-corrected chi connectivity index (χ3v) is 3.19. The van der Waals surface area contributed by atoms with Crippen molar-refractivity contribution in [1.29, 1.82) is 0 Å². The zero-order valence-electron chi connectivity index (χ0n) is 7.92. The Hall–Kier alpha value is 0.210. The van der Waals surface area contributed by atoms with E-state index in [-0.39, 0.29) is 12.0 Å². The number of hydrogen-bond donors (Lipinski definition) is 0. The number of halogens is 2. The highest BCUT2D eigenvalue weighted by molar-refractivity contribution is 6.29. The summed E-state index contributed by atoms with van der Waals surface area (Å²) in [5, 5.41) is -0.472. The zero-order valence-corrected chi connectivity index (χ0v) is 9.43. The van der Waals surface area contributed by atoms with Crippen LogP contribution in [0.1, 0.15) is 25.7 Å². The quantitative estimate of drug-likeness (QED) is 0.686. The maximum absolute atomic E-state index is 10.6. The molecule has 0 amide bonds. The van der Waals surface area contributed by atoms with Gasteiger partial charge in [-0.05, 0) is 32.1 Å². The lowest BCUT2D eigenvalue weighted by atomic mass is 9.97. The van der Waals surface area contributed by atoms with Crippen molar-refractivity contribution in [2.75, 3.05) is 5.88 Å². The summed E-state index contributed by atoms with van der Waals surface area (Å²) in [6, 6.07) is 0. The smallest absolute Gasteiger partial charge is 0.231 e. The number of ether oxygens (including phenoxy) is 1. The number of hydrogen-bond acceptors (Lipinski definition) is 2. The highest BCUT2D eigenvalue weighted by Crippen LogP contribution is 2.22. The monoisotopic (exact) mass is 236 g/mol.